The maximum atomic E-state index is 14.5. The molecule has 2 aromatic carbocycles. The number of nitrogens with two attached hydrogens (primary N) is 1. The van der Waals surface area contributed by atoms with Crippen LogP contribution >= 0.6 is 0 Å². The van der Waals surface area contributed by atoms with E-state index in [0.717, 1.165) is 6.42 Å². The molecule has 0 radical (unpaired) electrons. The first-order valence-corrected chi connectivity index (χ1v) is 8.23. The molecule has 3 rings (SSSR count). The van der Waals surface area contributed by atoms with Crippen molar-refractivity contribution in [3.63, 3.8) is 0 Å². The Bertz CT molecular complexity index is 975. The lowest BCUT2D eigenvalue weighted by molar-refractivity contribution is 0.0949. The van der Waals surface area contributed by atoms with Crippen LogP contribution in [0.5, 0.6) is 5.75 Å². The Kier molecular flexibility index (Phi) is 4.97. The number of hydrogen-bond acceptors (Lipinski definition) is 5. The minimum atomic E-state index is -0.443. The van der Waals surface area contributed by atoms with Gasteiger partial charge in [0.05, 0.1) is 12.8 Å². The van der Waals surface area contributed by atoms with E-state index in [9.17, 15) is 9.18 Å². The maximum absolute atomic E-state index is 14.5. The molecule has 0 bridgehead atoms. The van der Waals surface area contributed by atoms with Gasteiger partial charge in [0.1, 0.15) is 17.1 Å². The lowest BCUT2D eigenvalue weighted by Gasteiger charge is -2.11. The summed E-state index contributed by atoms with van der Waals surface area (Å²) in [6.07, 6.45) is 0.799. The number of nitrogen functional groups attached to an aromatic ring is 1. The number of carbonyl (C=O) groups is 1. The zero-order valence-electron chi connectivity index (χ0n) is 14.5. The number of nitrogens with one attached hydrogen (secondary N) is 1. The van der Waals surface area contributed by atoms with Gasteiger partial charge < -0.3 is 15.8 Å². The second-order valence-electron chi connectivity index (χ2n) is 5.77. The topological polar surface area (TPSA) is 90.1 Å². The number of aromatic nitrogens is 2. The predicted molar refractivity (Wildman–Crippen MR) is 98.5 cm³/mol. The minimum Gasteiger partial charge on any atom is -0.497 e. The van der Waals surface area contributed by atoms with Gasteiger partial charge in [-0.25, -0.2) is 4.39 Å². The lowest BCUT2D eigenvalue weighted by Crippen LogP contribution is -2.26. The molecule has 0 atom stereocenters. The second-order valence-corrected chi connectivity index (χ2v) is 5.77. The Hall–Kier alpha value is -3.22. The van der Waals surface area contributed by atoms with Crippen molar-refractivity contribution in [1.82, 2.24) is 15.5 Å². The van der Waals surface area contributed by atoms with Crippen LogP contribution in [-0.2, 0) is 0 Å². The summed E-state index contributed by atoms with van der Waals surface area (Å²) in [7, 11) is 1.48. The van der Waals surface area contributed by atoms with Gasteiger partial charge in [-0.1, -0.05) is 25.1 Å². The molecule has 1 amide bonds. The largest absolute Gasteiger partial charge is 0.497 e. The number of rotatable bonds is 5. The highest BCUT2D eigenvalue weighted by Crippen LogP contribution is 2.33. The van der Waals surface area contributed by atoms with E-state index < -0.39 is 5.82 Å². The van der Waals surface area contributed by atoms with Crippen LogP contribution < -0.4 is 15.8 Å². The molecular formula is C19H19FN4O2. The van der Waals surface area contributed by atoms with Crippen LogP contribution in [0, 0.1) is 5.82 Å². The number of benzene rings is 2. The molecule has 0 aliphatic carbocycles. The van der Waals surface area contributed by atoms with Crippen molar-refractivity contribution in [2.45, 2.75) is 13.3 Å². The minimum absolute atomic E-state index is 0.0679. The number of nitrogens with zero attached hydrogens (tertiary/aromatic N) is 2. The van der Waals surface area contributed by atoms with Crippen molar-refractivity contribution < 1.29 is 13.9 Å². The number of amides is 1. The number of halogens is 1. The van der Waals surface area contributed by atoms with Gasteiger partial charge in [-0.15, -0.1) is 10.2 Å². The summed E-state index contributed by atoms with van der Waals surface area (Å²) in [6.45, 7) is 2.47. The Morgan fingerprint density at radius 1 is 1.23 bits per heavy atom. The summed E-state index contributed by atoms with van der Waals surface area (Å²) in [5.41, 5.74) is 7.77. The van der Waals surface area contributed by atoms with Gasteiger partial charge in [-0.3, -0.25) is 4.79 Å². The third-order valence-electron chi connectivity index (χ3n) is 4.05. The maximum Gasteiger partial charge on any atom is 0.273 e. The molecular weight excluding hydrogens is 335 g/mol. The van der Waals surface area contributed by atoms with Crippen molar-refractivity contribution in [2.75, 3.05) is 19.4 Å². The first-order valence-electron chi connectivity index (χ1n) is 8.23. The van der Waals surface area contributed by atoms with Crippen molar-refractivity contribution in [2.24, 2.45) is 0 Å². The number of anilines is 1. The summed E-state index contributed by atoms with van der Waals surface area (Å²) < 4.78 is 19.5. The standard InChI is InChI=1S/C19H19FN4O2/c1-3-9-22-19(25)18-16(21)14-6-4-5-13(17(14)23-24-18)12-8-7-11(26-2)10-15(12)20/h4-8,10H,3,9H2,1-2H3,(H2,21,23)(H,22,25). The summed E-state index contributed by atoms with van der Waals surface area (Å²) in [4.78, 5) is 12.2. The van der Waals surface area contributed by atoms with Crippen LogP contribution in [-0.4, -0.2) is 29.8 Å². The van der Waals surface area contributed by atoms with Gasteiger partial charge in [0.2, 0.25) is 0 Å². The quantitative estimate of drug-likeness (QED) is 0.734. The highest BCUT2D eigenvalue weighted by atomic mass is 19.1. The molecule has 0 aliphatic heterocycles. The van der Waals surface area contributed by atoms with Gasteiger partial charge in [0.15, 0.2) is 5.69 Å². The predicted octanol–water partition coefficient (Wildman–Crippen LogP) is 3.17. The molecule has 3 N–H and O–H groups in total. The molecule has 1 heterocycles. The third-order valence-corrected chi connectivity index (χ3v) is 4.05. The molecule has 0 saturated heterocycles. The first kappa shape index (κ1) is 17.6. The van der Waals surface area contributed by atoms with E-state index in [2.05, 4.69) is 15.5 Å². The molecule has 0 unspecified atom stereocenters. The highest BCUT2D eigenvalue weighted by molar-refractivity contribution is 6.07. The van der Waals surface area contributed by atoms with Crippen molar-refractivity contribution in [1.29, 1.82) is 0 Å². The number of methoxy groups -OCH3 is 1. The Morgan fingerprint density at radius 3 is 2.73 bits per heavy atom. The summed E-state index contributed by atoms with van der Waals surface area (Å²) in [5.74, 6) is -0.395. The monoisotopic (exact) mass is 354 g/mol. The van der Waals surface area contributed by atoms with E-state index in [0.29, 0.717) is 34.3 Å². The average molecular weight is 354 g/mol. The highest BCUT2D eigenvalue weighted by Gasteiger charge is 2.18. The second kappa shape index (κ2) is 7.35. The van der Waals surface area contributed by atoms with Crippen LogP contribution in [0.25, 0.3) is 22.0 Å². The fourth-order valence-electron chi connectivity index (χ4n) is 2.70. The molecule has 6 nitrogen and oxygen atoms in total. The van der Waals surface area contributed by atoms with Crippen molar-refractivity contribution >= 4 is 22.5 Å². The lowest BCUT2D eigenvalue weighted by atomic mass is 10.0. The molecule has 134 valence electrons. The van der Waals surface area contributed by atoms with Gasteiger partial charge in [-0.05, 0) is 18.6 Å². The fraction of sp³-hybridized carbons (Fsp3) is 0.211. The molecule has 0 saturated carbocycles. The van der Waals surface area contributed by atoms with E-state index in [1.807, 2.05) is 6.92 Å². The van der Waals surface area contributed by atoms with E-state index in [4.69, 9.17) is 10.5 Å². The number of hydrogen-bond donors (Lipinski definition) is 2. The Balaban J connectivity index is 2.12. The summed E-state index contributed by atoms with van der Waals surface area (Å²) in [6, 6.07) is 9.80. The number of carbonyl (C=O) groups excluding carboxylic acids is 1. The normalized spacial score (nSPS) is 10.7. The van der Waals surface area contributed by atoms with E-state index >= 15 is 0 Å². The van der Waals surface area contributed by atoms with E-state index in [-0.39, 0.29) is 17.3 Å². The molecule has 1 aromatic heterocycles. The van der Waals surface area contributed by atoms with E-state index in [1.165, 1.54) is 13.2 Å². The first-order chi connectivity index (χ1) is 12.6. The van der Waals surface area contributed by atoms with Gasteiger partial charge in [0.25, 0.3) is 5.91 Å². The smallest absolute Gasteiger partial charge is 0.273 e. The molecule has 7 heteroatoms. The Morgan fingerprint density at radius 2 is 2.04 bits per heavy atom. The average Bonchev–Trinajstić information content (AvgIpc) is 2.66. The summed E-state index contributed by atoms with van der Waals surface area (Å²) >= 11 is 0. The van der Waals surface area contributed by atoms with Gasteiger partial charge >= 0.3 is 0 Å². The van der Waals surface area contributed by atoms with Crippen molar-refractivity contribution in [3.05, 3.63) is 47.9 Å². The van der Waals surface area contributed by atoms with Crippen LogP contribution in [0.3, 0.4) is 0 Å². The SMILES string of the molecule is CCCNC(=O)c1nnc2c(-c3ccc(OC)cc3F)cccc2c1N. The molecule has 0 fully saturated rings. The number of fused-ring (bicyclic) bond motifs is 1. The molecule has 26 heavy (non-hydrogen) atoms. The fourth-order valence-corrected chi connectivity index (χ4v) is 2.70. The van der Waals surface area contributed by atoms with Gasteiger partial charge in [-0.2, -0.15) is 0 Å². The third kappa shape index (κ3) is 3.15. The summed E-state index contributed by atoms with van der Waals surface area (Å²) in [5, 5.41) is 11.4. The van der Waals surface area contributed by atoms with E-state index in [1.54, 1.807) is 30.3 Å². The molecule has 0 aliphatic rings. The van der Waals surface area contributed by atoms with Crippen LogP contribution in [0.15, 0.2) is 36.4 Å². The van der Waals surface area contributed by atoms with Crippen molar-refractivity contribution in [3.8, 4) is 16.9 Å². The zero-order chi connectivity index (χ0) is 18.7. The Labute approximate surface area is 150 Å². The van der Waals surface area contributed by atoms with Crippen LogP contribution in [0.1, 0.15) is 23.8 Å². The molecule has 3 aromatic rings. The molecule has 0 spiro atoms. The van der Waals surface area contributed by atoms with Crippen LogP contribution in [0.2, 0.25) is 0 Å². The van der Waals surface area contributed by atoms with Crippen LogP contribution in [0.4, 0.5) is 10.1 Å². The van der Waals surface area contributed by atoms with Gasteiger partial charge in [0, 0.05) is 29.1 Å². The zero-order valence-corrected chi connectivity index (χ0v) is 14.5. The number of ether oxygens (including phenoxy) is 1.